The molecule has 0 radical (unpaired) electrons. The molecular formula is C19H16F3N3OS. The summed E-state index contributed by atoms with van der Waals surface area (Å²) in [4.78, 5) is 18.8. The Morgan fingerprint density at radius 3 is 2.56 bits per heavy atom. The number of aromatic nitrogens is 1. The van der Waals surface area contributed by atoms with Crippen LogP contribution in [0, 0.1) is 23.4 Å². The quantitative estimate of drug-likeness (QED) is 0.712. The molecule has 0 unspecified atom stereocenters. The van der Waals surface area contributed by atoms with Crippen LogP contribution in [-0.2, 0) is 4.79 Å². The smallest absolute Gasteiger partial charge is 0.227 e. The summed E-state index contributed by atoms with van der Waals surface area (Å²) in [6, 6.07) is 8.18. The van der Waals surface area contributed by atoms with Crippen LogP contribution in [0.3, 0.4) is 0 Å². The molecule has 1 fully saturated rings. The lowest BCUT2D eigenvalue weighted by Crippen LogP contribution is -2.38. The number of piperidine rings is 1. The number of amides is 1. The molecule has 3 aromatic rings. The molecule has 1 aliphatic rings. The highest BCUT2D eigenvalue weighted by molar-refractivity contribution is 7.22. The maximum Gasteiger partial charge on any atom is 0.227 e. The van der Waals surface area contributed by atoms with E-state index < -0.39 is 11.6 Å². The molecule has 0 saturated carbocycles. The maximum absolute atomic E-state index is 13.8. The zero-order valence-corrected chi connectivity index (χ0v) is 15.0. The Kier molecular flexibility index (Phi) is 4.73. The van der Waals surface area contributed by atoms with Crippen molar-refractivity contribution in [2.24, 2.45) is 5.92 Å². The van der Waals surface area contributed by atoms with Crippen molar-refractivity contribution in [1.82, 2.24) is 4.98 Å². The fourth-order valence-electron chi connectivity index (χ4n) is 3.19. The standard InChI is InChI=1S/C19H16F3N3OS/c20-13-5-4-12(10-15(13)22)23-18(26)11-6-8-25(9-7-11)19-24-17-14(21)2-1-3-16(17)27-19/h1-5,10-11H,6-9H2,(H,23,26). The minimum absolute atomic E-state index is 0.212. The topological polar surface area (TPSA) is 45.2 Å². The Labute approximate surface area is 157 Å². The van der Waals surface area contributed by atoms with Crippen molar-refractivity contribution < 1.29 is 18.0 Å². The number of fused-ring (bicyclic) bond motifs is 1. The molecule has 1 saturated heterocycles. The van der Waals surface area contributed by atoms with Crippen LogP contribution < -0.4 is 10.2 Å². The van der Waals surface area contributed by atoms with Crippen LogP contribution in [0.4, 0.5) is 24.0 Å². The van der Waals surface area contributed by atoms with Gasteiger partial charge in [0, 0.05) is 30.8 Å². The van der Waals surface area contributed by atoms with E-state index in [4.69, 9.17) is 0 Å². The lowest BCUT2D eigenvalue weighted by Gasteiger charge is -2.31. The fraction of sp³-hybridized carbons (Fsp3) is 0.263. The van der Waals surface area contributed by atoms with Gasteiger partial charge in [0.2, 0.25) is 5.91 Å². The van der Waals surface area contributed by atoms with Crippen molar-refractivity contribution in [3.63, 3.8) is 0 Å². The van der Waals surface area contributed by atoms with E-state index in [0.29, 0.717) is 31.4 Å². The molecule has 8 heteroatoms. The Hall–Kier alpha value is -2.61. The number of hydrogen-bond donors (Lipinski definition) is 1. The van der Waals surface area contributed by atoms with Crippen LogP contribution in [0.2, 0.25) is 0 Å². The summed E-state index contributed by atoms with van der Waals surface area (Å²) in [6.07, 6.45) is 1.21. The van der Waals surface area contributed by atoms with Crippen LogP contribution in [-0.4, -0.2) is 24.0 Å². The summed E-state index contributed by atoms with van der Waals surface area (Å²) in [5.74, 6) is -2.72. The van der Waals surface area contributed by atoms with E-state index in [1.165, 1.54) is 23.5 Å². The Morgan fingerprint density at radius 1 is 1.07 bits per heavy atom. The molecule has 0 atom stereocenters. The number of carbonyl (C=O) groups excluding carboxylic acids is 1. The van der Waals surface area contributed by atoms with E-state index in [0.717, 1.165) is 22.0 Å². The number of benzene rings is 2. The minimum atomic E-state index is -0.995. The SMILES string of the molecule is O=C(Nc1ccc(F)c(F)c1)C1CCN(c2nc3c(F)cccc3s2)CC1. The molecular weight excluding hydrogens is 375 g/mol. The van der Waals surface area contributed by atoms with Gasteiger partial charge in [0.25, 0.3) is 0 Å². The summed E-state index contributed by atoms with van der Waals surface area (Å²) < 4.78 is 40.8. The van der Waals surface area contributed by atoms with Gasteiger partial charge < -0.3 is 10.2 Å². The lowest BCUT2D eigenvalue weighted by molar-refractivity contribution is -0.120. The van der Waals surface area contributed by atoms with Gasteiger partial charge in [-0.3, -0.25) is 4.79 Å². The van der Waals surface area contributed by atoms with E-state index in [9.17, 15) is 18.0 Å². The average molecular weight is 391 g/mol. The first-order valence-corrected chi connectivity index (χ1v) is 9.39. The van der Waals surface area contributed by atoms with Gasteiger partial charge in [-0.1, -0.05) is 17.4 Å². The number of hydrogen-bond acceptors (Lipinski definition) is 4. The van der Waals surface area contributed by atoms with Crippen LogP contribution >= 0.6 is 11.3 Å². The molecule has 2 heterocycles. The van der Waals surface area contributed by atoms with E-state index in [-0.39, 0.29) is 23.3 Å². The molecule has 0 bridgehead atoms. The second-order valence-electron chi connectivity index (χ2n) is 6.46. The highest BCUT2D eigenvalue weighted by Crippen LogP contribution is 2.32. The number of anilines is 2. The fourth-order valence-corrected chi connectivity index (χ4v) is 4.22. The molecule has 1 amide bonds. The minimum Gasteiger partial charge on any atom is -0.348 e. The Bertz CT molecular complexity index is 999. The van der Waals surface area contributed by atoms with Gasteiger partial charge in [-0.15, -0.1) is 0 Å². The van der Waals surface area contributed by atoms with Gasteiger partial charge >= 0.3 is 0 Å². The van der Waals surface area contributed by atoms with Crippen molar-refractivity contribution >= 4 is 38.3 Å². The molecule has 140 valence electrons. The maximum atomic E-state index is 13.8. The van der Waals surface area contributed by atoms with E-state index in [1.807, 2.05) is 11.0 Å². The molecule has 1 N–H and O–H groups in total. The lowest BCUT2D eigenvalue weighted by atomic mass is 9.96. The van der Waals surface area contributed by atoms with Gasteiger partial charge in [0.1, 0.15) is 11.3 Å². The summed E-state index contributed by atoms with van der Waals surface area (Å²) in [7, 11) is 0. The van der Waals surface area contributed by atoms with Gasteiger partial charge in [-0.05, 0) is 37.1 Å². The molecule has 0 spiro atoms. The molecule has 0 aliphatic carbocycles. The highest BCUT2D eigenvalue weighted by Gasteiger charge is 2.27. The van der Waals surface area contributed by atoms with Crippen molar-refractivity contribution in [1.29, 1.82) is 0 Å². The molecule has 4 rings (SSSR count). The summed E-state index contributed by atoms with van der Waals surface area (Å²) in [5.41, 5.74) is 0.610. The number of nitrogens with one attached hydrogen (secondary N) is 1. The first-order valence-electron chi connectivity index (χ1n) is 8.57. The van der Waals surface area contributed by atoms with Gasteiger partial charge in [-0.25, -0.2) is 18.2 Å². The third kappa shape index (κ3) is 3.62. The number of nitrogens with zero attached hydrogens (tertiary/aromatic N) is 2. The summed E-state index contributed by atoms with van der Waals surface area (Å²) in [6.45, 7) is 1.24. The number of halogens is 3. The molecule has 27 heavy (non-hydrogen) atoms. The third-order valence-electron chi connectivity index (χ3n) is 4.68. The Balaban J connectivity index is 1.39. The third-order valence-corrected chi connectivity index (χ3v) is 5.76. The number of rotatable bonds is 3. The highest BCUT2D eigenvalue weighted by atomic mass is 32.1. The van der Waals surface area contributed by atoms with Gasteiger partial charge in [-0.2, -0.15) is 0 Å². The second-order valence-corrected chi connectivity index (χ2v) is 7.47. The largest absolute Gasteiger partial charge is 0.348 e. The normalized spacial score (nSPS) is 15.3. The molecule has 1 aromatic heterocycles. The first kappa shape index (κ1) is 17.8. The van der Waals surface area contributed by atoms with Crippen LogP contribution in [0.1, 0.15) is 12.8 Å². The van der Waals surface area contributed by atoms with Crippen molar-refractivity contribution in [3.8, 4) is 0 Å². The van der Waals surface area contributed by atoms with Crippen molar-refractivity contribution in [3.05, 3.63) is 53.8 Å². The van der Waals surface area contributed by atoms with Gasteiger partial charge in [0.05, 0.1) is 4.70 Å². The molecule has 1 aliphatic heterocycles. The van der Waals surface area contributed by atoms with E-state index in [2.05, 4.69) is 10.3 Å². The number of thiazole rings is 1. The van der Waals surface area contributed by atoms with Crippen LogP contribution in [0.15, 0.2) is 36.4 Å². The second kappa shape index (κ2) is 7.19. The van der Waals surface area contributed by atoms with E-state index in [1.54, 1.807) is 6.07 Å². The zero-order valence-electron chi connectivity index (χ0n) is 14.2. The average Bonchev–Trinajstić information content (AvgIpc) is 3.11. The Morgan fingerprint density at radius 2 is 1.85 bits per heavy atom. The summed E-state index contributed by atoms with van der Waals surface area (Å²) >= 11 is 1.43. The zero-order chi connectivity index (χ0) is 19.0. The number of para-hydroxylation sites is 1. The van der Waals surface area contributed by atoms with Crippen LogP contribution in [0.5, 0.6) is 0 Å². The van der Waals surface area contributed by atoms with Gasteiger partial charge in [0.15, 0.2) is 16.8 Å². The predicted molar refractivity (Wildman–Crippen MR) is 99.5 cm³/mol. The predicted octanol–water partition coefficient (Wildman–Crippen LogP) is 4.57. The van der Waals surface area contributed by atoms with Crippen molar-refractivity contribution in [2.75, 3.05) is 23.3 Å². The van der Waals surface area contributed by atoms with E-state index >= 15 is 0 Å². The first-order chi connectivity index (χ1) is 13.0. The molecule has 2 aromatic carbocycles. The summed E-state index contributed by atoms with van der Waals surface area (Å²) in [5, 5.41) is 3.38. The molecule has 4 nitrogen and oxygen atoms in total. The monoisotopic (exact) mass is 391 g/mol. The van der Waals surface area contributed by atoms with Crippen LogP contribution in [0.25, 0.3) is 10.2 Å². The number of carbonyl (C=O) groups is 1. The van der Waals surface area contributed by atoms with Crippen molar-refractivity contribution in [2.45, 2.75) is 12.8 Å².